The van der Waals surface area contributed by atoms with Crippen LogP contribution in [0, 0.1) is 5.92 Å². The van der Waals surface area contributed by atoms with E-state index >= 15 is 0 Å². The molecule has 6 N–H and O–H groups in total. The Balaban J connectivity index is 2.96. The standard InChI is InChI=1S/C12H19N3O2/c1-7(2)11(6-16)15-10-5-8(12(14)17)3-4-9(10)13/h3-5,7,11,15-16H,6,13H2,1-2H3,(H2,14,17)/t11-/m1/s1. The third kappa shape index (κ3) is 3.35. The van der Waals surface area contributed by atoms with Gasteiger partial charge in [-0.05, 0) is 24.1 Å². The minimum atomic E-state index is -0.502. The fraction of sp³-hybridized carbons (Fsp3) is 0.417. The van der Waals surface area contributed by atoms with Crippen molar-refractivity contribution in [3.8, 4) is 0 Å². The number of nitrogens with two attached hydrogens (primary N) is 2. The summed E-state index contributed by atoms with van der Waals surface area (Å²) in [6.07, 6.45) is 0. The van der Waals surface area contributed by atoms with Gasteiger partial charge in [0.15, 0.2) is 0 Å². The van der Waals surface area contributed by atoms with E-state index in [0.717, 1.165) is 0 Å². The Hall–Kier alpha value is -1.75. The van der Waals surface area contributed by atoms with Crippen molar-refractivity contribution >= 4 is 17.3 Å². The number of nitrogens with one attached hydrogen (secondary N) is 1. The van der Waals surface area contributed by atoms with Crippen molar-refractivity contribution in [1.82, 2.24) is 0 Å². The van der Waals surface area contributed by atoms with Gasteiger partial charge in [0.2, 0.25) is 5.91 Å². The summed E-state index contributed by atoms with van der Waals surface area (Å²) in [5.74, 6) is -0.255. The molecule has 0 bridgehead atoms. The van der Waals surface area contributed by atoms with Gasteiger partial charge in [-0.15, -0.1) is 0 Å². The average molecular weight is 237 g/mol. The number of nitrogen functional groups attached to an aromatic ring is 1. The first-order chi connectivity index (χ1) is 7.95. The Kier molecular flexibility index (Phi) is 4.34. The number of carbonyl (C=O) groups is 1. The van der Waals surface area contributed by atoms with Crippen LogP contribution in [-0.4, -0.2) is 23.7 Å². The van der Waals surface area contributed by atoms with Crippen molar-refractivity contribution in [1.29, 1.82) is 0 Å². The average Bonchev–Trinajstić information content (AvgIpc) is 2.27. The number of aliphatic hydroxyl groups excluding tert-OH is 1. The van der Waals surface area contributed by atoms with Crippen LogP contribution < -0.4 is 16.8 Å². The number of carbonyl (C=O) groups excluding carboxylic acids is 1. The summed E-state index contributed by atoms with van der Waals surface area (Å²) in [6.45, 7) is 3.97. The van der Waals surface area contributed by atoms with Gasteiger partial charge in [-0.3, -0.25) is 4.79 Å². The summed E-state index contributed by atoms with van der Waals surface area (Å²) < 4.78 is 0. The molecule has 0 aliphatic heterocycles. The predicted octanol–water partition coefficient (Wildman–Crippen LogP) is 0.796. The Labute approximate surface area is 101 Å². The summed E-state index contributed by atoms with van der Waals surface area (Å²) in [5, 5.41) is 12.3. The van der Waals surface area contributed by atoms with Gasteiger partial charge in [0, 0.05) is 5.56 Å². The van der Waals surface area contributed by atoms with Crippen LogP contribution >= 0.6 is 0 Å². The lowest BCUT2D eigenvalue weighted by molar-refractivity contribution is 0.100. The van der Waals surface area contributed by atoms with Crippen LogP contribution in [0.25, 0.3) is 0 Å². The molecule has 1 rings (SSSR count). The molecule has 5 nitrogen and oxygen atoms in total. The third-order valence-electron chi connectivity index (χ3n) is 2.68. The molecule has 0 saturated carbocycles. The van der Waals surface area contributed by atoms with Gasteiger partial charge in [0.1, 0.15) is 0 Å². The summed E-state index contributed by atoms with van der Waals surface area (Å²) in [6, 6.07) is 4.69. The highest BCUT2D eigenvalue weighted by molar-refractivity contribution is 5.94. The lowest BCUT2D eigenvalue weighted by Gasteiger charge is -2.22. The van der Waals surface area contributed by atoms with Crippen molar-refractivity contribution in [2.24, 2.45) is 11.7 Å². The highest BCUT2D eigenvalue weighted by Crippen LogP contribution is 2.22. The second-order valence-electron chi connectivity index (χ2n) is 4.34. The Bertz CT molecular complexity index is 405. The molecule has 0 spiro atoms. The molecule has 1 aromatic rings. The van der Waals surface area contributed by atoms with Crippen molar-refractivity contribution in [3.63, 3.8) is 0 Å². The highest BCUT2D eigenvalue weighted by Gasteiger charge is 2.14. The second-order valence-corrected chi connectivity index (χ2v) is 4.34. The minimum absolute atomic E-state index is 0.00208. The summed E-state index contributed by atoms with van der Waals surface area (Å²) in [5.41, 5.74) is 12.5. The molecule has 1 atom stereocenters. The topological polar surface area (TPSA) is 101 Å². The number of amides is 1. The van der Waals surface area contributed by atoms with E-state index < -0.39 is 5.91 Å². The first-order valence-electron chi connectivity index (χ1n) is 5.52. The zero-order valence-electron chi connectivity index (χ0n) is 10.1. The van der Waals surface area contributed by atoms with Crippen molar-refractivity contribution < 1.29 is 9.90 Å². The molecule has 0 aromatic heterocycles. The quantitative estimate of drug-likeness (QED) is 0.569. The van der Waals surface area contributed by atoms with Gasteiger partial charge in [0.25, 0.3) is 0 Å². The van der Waals surface area contributed by atoms with E-state index in [2.05, 4.69) is 5.32 Å². The SMILES string of the molecule is CC(C)[C@@H](CO)Nc1cc(C(N)=O)ccc1N. The summed E-state index contributed by atoms with van der Waals surface area (Å²) in [4.78, 5) is 11.1. The molecule has 94 valence electrons. The number of aliphatic hydroxyl groups is 1. The fourth-order valence-electron chi connectivity index (χ4n) is 1.46. The lowest BCUT2D eigenvalue weighted by Crippen LogP contribution is -2.30. The van der Waals surface area contributed by atoms with Crippen LogP contribution in [0.3, 0.4) is 0 Å². The van der Waals surface area contributed by atoms with Gasteiger partial charge in [-0.2, -0.15) is 0 Å². The molecule has 0 radical (unpaired) electrons. The zero-order valence-corrected chi connectivity index (χ0v) is 10.1. The van der Waals surface area contributed by atoms with E-state index in [0.29, 0.717) is 16.9 Å². The van der Waals surface area contributed by atoms with Crippen LogP contribution in [0.1, 0.15) is 24.2 Å². The second kappa shape index (κ2) is 5.54. The molecule has 0 saturated heterocycles. The Morgan fingerprint density at radius 3 is 2.59 bits per heavy atom. The van der Waals surface area contributed by atoms with E-state index in [1.165, 1.54) is 0 Å². The molecule has 0 unspecified atom stereocenters. The summed E-state index contributed by atoms with van der Waals surface area (Å²) >= 11 is 0. The van der Waals surface area contributed by atoms with Crippen LogP contribution in [0.4, 0.5) is 11.4 Å². The van der Waals surface area contributed by atoms with E-state index in [4.69, 9.17) is 11.5 Å². The van der Waals surface area contributed by atoms with Gasteiger partial charge >= 0.3 is 0 Å². The number of hydrogen-bond donors (Lipinski definition) is 4. The highest BCUT2D eigenvalue weighted by atomic mass is 16.3. The van der Waals surface area contributed by atoms with Crippen LogP contribution in [0.5, 0.6) is 0 Å². The van der Waals surface area contributed by atoms with Gasteiger partial charge in [-0.25, -0.2) is 0 Å². The number of hydrogen-bond acceptors (Lipinski definition) is 4. The van der Waals surface area contributed by atoms with Crippen molar-refractivity contribution in [3.05, 3.63) is 23.8 Å². The van der Waals surface area contributed by atoms with Gasteiger partial charge in [-0.1, -0.05) is 13.8 Å². The lowest BCUT2D eigenvalue weighted by atomic mass is 10.0. The van der Waals surface area contributed by atoms with E-state index in [1.54, 1.807) is 18.2 Å². The molecular weight excluding hydrogens is 218 g/mol. The van der Waals surface area contributed by atoms with Gasteiger partial charge in [0.05, 0.1) is 24.0 Å². The largest absolute Gasteiger partial charge is 0.397 e. The van der Waals surface area contributed by atoms with Crippen molar-refractivity contribution in [2.75, 3.05) is 17.7 Å². The normalized spacial score (nSPS) is 12.5. The molecule has 1 aromatic carbocycles. The predicted molar refractivity (Wildman–Crippen MR) is 68.7 cm³/mol. The molecule has 0 fully saturated rings. The van der Waals surface area contributed by atoms with Gasteiger partial charge < -0.3 is 21.9 Å². The maximum Gasteiger partial charge on any atom is 0.248 e. The molecule has 17 heavy (non-hydrogen) atoms. The maximum atomic E-state index is 11.1. The number of rotatable bonds is 5. The van der Waals surface area contributed by atoms with Crippen molar-refractivity contribution in [2.45, 2.75) is 19.9 Å². The Morgan fingerprint density at radius 1 is 1.47 bits per heavy atom. The van der Waals surface area contributed by atoms with Crippen LogP contribution in [-0.2, 0) is 0 Å². The molecule has 0 aliphatic carbocycles. The number of benzene rings is 1. The van der Waals surface area contributed by atoms with E-state index in [9.17, 15) is 9.90 Å². The van der Waals surface area contributed by atoms with Crippen LogP contribution in [0.2, 0.25) is 0 Å². The van der Waals surface area contributed by atoms with Crippen LogP contribution in [0.15, 0.2) is 18.2 Å². The summed E-state index contributed by atoms with van der Waals surface area (Å²) in [7, 11) is 0. The first kappa shape index (κ1) is 13.3. The zero-order chi connectivity index (χ0) is 13.0. The monoisotopic (exact) mass is 237 g/mol. The minimum Gasteiger partial charge on any atom is -0.397 e. The Morgan fingerprint density at radius 2 is 2.12 bits per heavy atom. The maximum absolute atomic E-state index is 11.1. The molecule has 1 amide bonds. The molecular formula is C12H19N3O2. The number of anilines is 2. The number of primary amides is 1. The van der Waals surface area contributed by atoms with E-state index in [-0.39, 0.29) is 18.6 Å². The fourth-order valence-corrected chi connectivity index (χ4v) is 1.46. The first-order valence-corrected chi connectivity index (χ1v) is 5.52. The molecule has 0 aliphatic rings. The smallest absolute Gasteiger partial charge is 0.248 e. The van der Waals surface area contributed by atoms with E-state index in [1.807, 2.05) is 13.8 Å². The third-order valence-corrected chi connectivity index (χ3v) is 2.68. The molecule has 5 heteroatoms. The molecule has 0 heterocycles.